The molecular weight excluding hydrogens is 302 g/mol. The molecule has 3 rings (SSSR count). The van der Waals surface area contributed by atoms with Crippen molar-refractivity contribution in [3.63, 3.8) is 0 Å². The summed E-state index contributed by atoms with van der Waals surface area (Å²) in [5, 5.41) is 7.37. The van der Waals surface area contributed by atoms with Crippen LogP contribution in [0, 0.1) is 0 Å². The van der Waals surface area contributed by atoms with Crippen molar-refractivity contribution in [3.8, 4) is 5.88 Å². The molecule has 0 saturated carbocycles. The van der Waals surface area contributed by atoms with Crippen molar-refractivity contribution in [2.45, 2.75) is 0 Å². The van der Waals surface area contributed by atoms with Gasteiger partial charge < -0.3 is 45.9 Å². The Morgan fingerprint density at radius 3 is 2.10 bits per heavy atom. The average molecular weight is 310 g/mol. The van der Waals surface area contributed by atoms with Gasteiger partial charge in [0.05, 0.1) is 0 Å². The Kier molecular flexibility index (Phi) is 5.24. The Bertz CT molecular complexity index is 456. The standard InChI is InChI=1S/C9H8BN6O3.V/c1-4-11-14-7(1)17-10(18-8-2-5-12-15-8)19-9-3-6-13-16-9;/h1-4H,5-6H2;/q-5;+5. The van der Waals surface area contributed by atoms with E-state index in [0.29, 0.717) is 24.9 Å². The van der Waals surface area contributed by atoms with Crippen molar-refractivity contribution in [1.82, 2.24) is 10.2 Å². The van der Waals surface area contributed by atoms with Crippen molar-refractivity contribution in [3.05, 3.63) is 57.9 Å². The minimum Gasteiger partial charge on any atom is -0.793 e. The van der Waals surface area contributed by atoms with Crippen LogP contribution in [-0.2, 0) is 27.9 Å². The summed E-state index contributed by atoms with van der Waals surface area (Å²) in [7, 11) is -1.08. The zero-order valence-corrected chi connectivity index (χ0v) is 11.6. The molecule has 3 heterocycles. The van der Waals surface area contributed by atoms with Crippen LogP contribution in [0.5, 0.6) is 5.88 Å². The Morgan fingerprint density at radius 2 is 1.65 bits per heavy atom. The van der Waals surface area contributed by atoms with Crippen LogP contribution in [0.15, 0.2) is 36.2 Å². The fourth-order valence-electron chi connectivity index (χ4n) is 1.34. The molecule has 0 radical (unpaired) electrons. The van der Waals surface area contributed by atoms with E-state index < -0.39 is 7.32 Å². The second-order valence-corrected chi connectivity index (χ2v) is 3.44. The van der Waals surface area contributed by atoms with E-state index in [-0.39, 0.29) is 24.4 Å². The largest absolute Gasteiger partial charge is 5.00 e. The summed E-state index contributed by atoms with van der Waals surface area (Å²) in [6.07, 6.45) is 4.89. The van der Waals surface area contributed by atoms with Gasteiger partial charge in [0.15, 0.2) is 5.88 Å². The SMILES string of the molecule is C1=C(OB(OC2=CC[N-][N-]2)Oc2cc[n-]n2)[N-][N-]C1.[V+5]. The van der Waals surface area contributed by atoms with Crippen LogP contribution in [0.25, 0.3) is 21.7 Å². The zero-order valence-electron chi connectivity index (χ0n) is 10.2. The van der Waals surface area contributed by atoms with Crippen LogP contribution < -0.4 is 9.75 Å². The van der Waals surface area contributed by atoms with Gasteiger partial charge in [0, 0.05) is 0 Å². The maximum Gasteiger partial charge on any atom is 5.00 e. The quantitative estimate of drug-likeness (QED) is 0.739. The minimum atomic E-state index is -1.08. The maximum atomic E-state index is 5.39. The predicted molar refractivity (Wildman–Crippen MR) is 65.4 cm³/mol. The molecule has 2 aliphatic rings. The monoisotopic (exact) mass is 310 g/mol. The smallest absolute Gasteiger partial charge is 0.793 e. The summed E-state index contributed by atoms with van der Waals surface area (Å²) in [6, 6.07) is 1.58. The van der Waals surface area contributed by atoms with E-state index in [4.69, 9.17) is 14.0 Å². The predicted octanol–water partition coefficient (Wildman–Crippen LogP) is 1.47. The minimum absolute atomic E-state index is 0. The van der Waals surface area contributed by atoms with Gasteiger partial charge in [0.1, 0.15) is 0 Å². The summed E-state index contributed by atoms with van der Waals surface area (Å²) in [6.45, 7) is 0.946. The molecule has 1 aromatic rings. The second-order valence-electron chi connectivity index (χ2n) is 3.44. The molecule has 0 amide bonds. The maximum absolute atomic E-state index is 5.39. The van der Waals surface area contributed by atoms with Gasteiger partial charge in [-0.3, -0.25) is 0 Å². The van der Waals surface area contributed by atoms with Crippen molar-refractivity contribution < 1.29 is 32.5 Å². The number of hydrogen-bond acceptors (Lipinski definition) is 4. The summed E-state index contributed by atoms with van der Waals surface area (Å²) in [5.41, 5.74) is 15.1. The fraction of sp³-hybridized carbons (Fsp3) is 0.222. The van der Waals surface area contributed by atoms with Crippen LogP contribution in [0.1, 0.15) is 0 Å². The zero-order chi connectivity index (χ0) is 12.9. The summed E-state index contributed by atoms with van der Waals surface area (Å²) < 4.78 is 16.2. The van der Waals surface area contributed by atoms with Crippen LogP contribution in [0.2, 0.25) is 0 Å². The van der Waals surface area contributed by atoms with Gasteiger partial charge in [0.25, 0.3) is 0 Å². The second kappa shape index (κ2) is 7.15. The topological polar surface area (TPSA) is 111 Å². The van der Waals surface area contributed by atoms with Crippen molar-refractivity contribution in [2.75, 3.05) is 13.1 Å². The van der Waals surface area contributed by atoms with Crippen molar-refractivity contribution in [1.29, 1.82) is 0 Å². The van der Waals surface area contributed by atoms with Crippen molar-refractivity contribution in [2.24, 2.45) is 0 Å². The number of nitrogens with zero attached hydrogens (tertiary/aromatic N) is 6. The van der Waals surface area contributed by atoms with Gasteiger partial charge in [-0.15, -0.1) is 13.1 Å². The molecular formula is C9H8BN6O3V. The first-order valence-electron chi connectivity index (χ1n) is 5.50. The van der Waals surface area contributed by atoms with E-state index in [1.807, 2.05) is 0 Å². The molecule has 0 aliphatic carbocycles. The summed E-state index contributed by atoms with van der Waals surface area (Å²) in [5.74, 6) is 0.913. The molecule has 0 N–H and O–H groups in total. The summed E-state index contributed by atoms with van der Waals surface area (Å²) in [4.78, 5) is 0. The fourth-order valence-corrected chi connectivity index (χ4v) is 1.34. The van der Waals surface area contributed by atoms with Crippen LogP contribution >= 0.6 is 0 Å². The molecule has 9 nitrogen and oxygen atoms in total. The van der Waals surface area contributed by atoms with Gasteiger partial charge in [-0.25, -0.2) is 0 Å². The van der Waals surface area contributed by atoms with Gasteiger partial charge >= 0.3 is 25.9 Å². The van der Waals surface area contributed by atoms with E-state index in [1.54, 1.807) is 18.2 Å². The Labute approximate surface area is 127 Å². The molecule has 0 unspecified atom stereocenters. The molecule has 0 fully saturated rings. The Balaban J connectivity index is 0.00000147. The van der Waals surface area contributed by atoms with Crippen LogP contribution in [0.4, 0.5) is 0 Å². The number of hydrogen-bond donors (Lipinski definition) is 0. The molecule has 20 heavy (non-hydrogen) atoms. The first-order chi connectivity index (χ1) is 9.40. The van der Waals surface area contributed by atoms with Crippen LogP contribution in [0.3, 0.4) is 0 Å². The molecule has 1 aromatic heterocycles. The molecule has 11 heteroatoms. The Hall–Kier alpha value is -1.74. The normalized spacial score (nSPS) is 16.2. The molecule has 0 aromatic carbocycles. The van der Waals surface area contributed by atoms with Crippen molar-refractivity contribution >= 4 is 7.32 Å². The van der Waals surface area contributed by atoms with Crippen LogP contribution in [-0.4, -0.2) is 25.5 Å². The van der Waals surface area contributed by atoms with Gasteiger partial charge in [-0.2, -0.15) is 6.20 Å². The first-order valence-corrected chi connectivity index (χ1v) is 5.50. The molecule has 0 saturated heterocycles. The average Bonchev–Trinajstić information content (AvgIpc) is 3.10. The van der Waals surface area contributed by atoms with Gasteiger partial charge in [-0.1, -0.05) is 12.2 Å². The number of aromatic nitrogens is 2. The first kappa shape index (κ1) is 14.7. The van der Waals surface area contributed by atoms with E-state index in [2.05, 4.69) is 31.9 Å². The van der Waals surface area contributed by atoms with E-state index in [0.717, 1.165) is 0 Å². The molecule has 2 aliphatic heterocycles. The number of rotatable bonds is 6. The van der Waals surface area contributed by atoms with E-state index in [9.17, 15) is 0 Å². The van der Waals surface area contributed by atoms with E-state index >= 15 is 0 Å². The van der Waals surface area contributed by atoms with Gasteiger partial charge in [0.2, 0.25) is 0 Å². The molecule has 0 atom stereocenters. The molecule has 0 bridgehead atoms. The van der Waals surface area contributed by atoms with E-state index in [1.165, 1.54) is 6.20 Å². The third-order valence-electron chi connectivity index (χ3n) is 2.12. The summed E-state index contributed by atoms with van der Waals surface area (Å²) >= 11 is 0. The molecule has 100 valence electrons. The van der Waals surface area contributed by atoms with Gasteiger partial charge in [-0.05, 0) is 17.8 Å². The third kappa shape index (κ3) is 3.87. The third-order valence-corrected chi connectivity index (χ3v) is 2.12. The Morgan fingerprint density at radius 1 is 1.00 bits per heavy atom. The molecule has 0 spiro atoms.